The van der Waals surface area contributed by atoms with Gasteiger partial charge < -0.3 is 10.8 Å². The van der Waals surface area contributed by atoms with Crippen LogP contribution in [0.3, 0.4) is 0 Å². The highest BCUT2D eigenvalue weighted by atomic mass is 32.2. The van der Waals surface area contributed by atoms with Gasteiger partial charge in [-0.15, -0.1) is 11.3 Å². The van der Waals surface area contributed by atoms with Crippen molar-refractivity contribution < 1.29 is 22.5 Å². The zero-order valence-corrected chi connectivity index (χ0v) is 18.6. The molecule has 2 aromatic rings. The molecule has 3 rings (SSSR count). The van der Waals surface area contributed by atoms with Crippen molar-refractivity contribution >= 4 is 27.8 Å². The summed E-state index contributed by atoms with van der Waals surface area (Å²) in [5.74, 6) is 0. The van der Waals surface area contributed by atoms with Gasteiger partial charge in [0, 0.05) is 46.5 Å². The van der Waals surface area contributed by atoms with Crippen LogP contribution in [-0.2, 0) is 10.8 Å². The highest BCUT2D eigenvalue weighted by Crippen LogP contribution is 2.31. The van der Waals surface area contributed by atoms with Gasteiger partial charge in [0.25, 0.3) is 0 Å². The fourth-order valence-corrected chi connectivity index (χ4v) is 4.75. The summed E-state index contributed by atoms with van der Waals surface area (Å²) < 4.78 is 50.8. The Kier molecular flexibility index (Phi) is 7.68. The monoisotopic (exact) mass is 471 g/mol. The fraction of sp³-hybridized carbons (Fsp3) is 0.381. The molecule has 2 atom stereocenters. The van der Waals surface area contributed by atoms with E-state index in [4.69, 9.17) is 5.73 Å². The quantitative estimate of drug-likeness (QED) is 0.607. The molecule has 3 N–H and O–H groups in total. The van der Waals surface area contributed by atoms with Gasteiger partial charge in [-0.1, -0.05) is 12.1 Å². The number of nitrogens with two attached hydrogens (primary N) is 1. The van der Waals surface area contributed by atoms with Crippen molar-refractivity contribution in [2.75, 3.05) is 32.4 Å². The topological polar surface area (TPSA) is 78.9 Å². The number of hydrogen-bond acceptors (Lipinski definition) is 6. The van der Waals surface area contributed by atoms with Gasteiger partial charge in [0.15, 0.2) is 0 Å². The second-order valence-electron chi connectivity index (χ2n) is 7.25. The number of halogens is 3. The van der Waals surface area contributed by atoms with Crippen LogP contribution in [0.4, 0.5) is 13.2 Å². The molecule has 168 valence electrons. The van der Waals surface area contributed by atoms with E-state index < -0.39 is 22.7 Å². The van der Waals surface area contributed by atoms with Gasteiger partial charge in [-0.05, 0) is 42.3 Å². The third-order valence-electron chi connectivity index (χ3n) is 4.87. The number of aliphatic imine (C=N–C) groups is 1. The van der Waals surface area contributed by atoms with E-state index in [0.717, 1.165) is 23.1 Å². The molecule has 0 aliphatic carbocycles. The van der Waals surface area contributed by atoms with Crippen molar-refractivity contribution in [1.82, 2.24) is 4.90 Å². The van der Waals surface area contributed by atoms with Crippen LogP contribution in [0.15, 0.2) is 58.1 Å². The molecular formula is C21H24F3N3O2S2. The third kappa shape index (κ3) is 6.49. The second kappa shape index (κ2) is 10.1. The van der Waals surface area contributed by atoms with E-state index in [1.165, 1.54) is 11.3 Å². The van der Waals surface area contributed by atoms with Crippen LogP contribution in [0.5, 0.6) is 0 Å². The normalized spacial score (nSPS) is 19.7. The van der Waals surface area contributed by atoms with Crippen molar-refractivity contribution in [3.63, 3.8) is 0 Å². The summed E-state index contributed by atoms with van der Waals surface area (Å²) in [5, 5.41) is 9.61. The minimum Gasteiger partial charge on any atom is -0.395 e. The SMILES string of the molecule is CS(=O)c1cccc(-c2ccc(C(C=C(N)C(F)(F)F)=NCCN3CCC(O)C3)s2)c1. The summed E-state index contributed by atoms with van der Waals surface area (Å²) in [4.78, 5) is 8.48. The van der Waals surface area contributed by atoms with Crippen LogP contribution in [0, 0.1) is 0 Å². The van der Waals surface area contributed by atoms with Crippen molar-refractivity contribution in [2.24, 2.45) is 10.7 Å². The maximum absolute atomic E-state index is 13.0. The number of thiophene rings is 1. The Morgan fingerprint density at radius 2 is 2.16 bits per heavy atom. The van der Waals surface area contributed by atoms with Gasteiger partial charge in [0.2, 0.25) is 0 Å². The molecule has 0 amide bonds. The number of nitrogens with zero attached hydrogens (tertiary/aromatic N) is 2. The lowest BCUT2D eigenvalue weighted by Crippen LogP contribution is -2.25. The maximum Gasteiger partial charge on any atom is 0.430 e. The van der Waals surface area contributed by atoms with Gasteiger partial charge in [-0.2, -0.15) is 13.2 Å². The molecule has 1 aromatic carbocycles. The maximum atomic E-state index is 13.0. The number of β-amino-alcohol motifs (C(OH)–C–C–N with tert-alkyl or cyclic N) is 1. The summed E-state index contributed by atoms with van der Waals surface area (Å²) in [6.07, 6.45) is -1.86. The second-order valence-corrected chi connectivity index (χ2v) is 9.72. The molecule has 1 aliphatic rings. The highest BCUT2D eigenvalue weighted by molar-refractivity contribution is 7.84. The van der Waals surface area contributed by atoms with Crippen LogP contribution >= 0.6 is 11.3 Å². The first-order valence-corrected chi connectivity index (χ1v) is 12.0. The molecule has 5 nitrogen and oxygen atoms in total. The molecule has 10 heteroatoms. The lowest BCUT2D eigenvalue weighted by Gasteiger charge is -2.13. The Bertz CT molecular complexity index is 1000. The molecule has 1 fully saturated rings. The standard InChI is InChI=1S/C21H24F3N3O2S2/c1-31(29)16-4-2-3-14(11-16)18-5-6-19(30-18)17(12-20(25)21(22,23)24)26-8-10-27-9-7-15(28)13-27/h2-6,11-12,15,28H,7-10,13,25H2,1H3. The molecular weight excluding hydrogens is 447 g/mol. The van der Waals surface area contributed by atoms with Crippen LogP contribution in [0.1, 0.15) is 11.3 Å². The first-order chi connectivity index (χ1) is 14.6. The van der Waals surface area contributed by atoms with Crippen LogP contribution < -0.4 is 5.73 Å². The Hall–Kier alpha value is -2.01. The number of aliphatic hydroxyl groups is 1. The molecule has 0 bridgehead atoms. The fourth-order valence-electron chi connectivity index (χ4n) is 3.21. The van der Waals surface area contributed by atoms with E-state index in [2.05, 4.69) is 4.99 Å². The van der Waals surface area contributed by atoms with Gasteiger partial charge >= 0.3 is 6.18 Å². The predicted octanol–water partition coefficient (Wildman–Crippen LogP) is 3.41. The van der Waals surface area contributed by atoms with Crippen molar-refractivity contribution in [2.45, 2.75) is 23.6 Å². The molecule has 2 heterocycles. The van der Waals surface area contributed by atoms with Gasteiger partial charge in [0.1, 0.15) is 5.70 Å². The van der Waals surface area contributed by atoms with E-state index in [1.807, 2.05) is 17.0 Å². The van der Waals surface area contributed by atoms with E-state index in [1.54, 1.807) is 30.5 Å². The number of benzene rings is 1. The zero-order chi connectivity index (χ0) is 22.6. The molecule has 2 unspecified atom stereocenters. The summed E-state index contributed by atoms with van der Waals surface area (Å²) in [6, 6.07) is 10.8. The minimum absolute atomic E-state index is 0.168. The van der Waals surface area contributed by atoms with Crippen molar-refractivity contribution in [1.29, 1.82) is 0 Å². The van der Waals surface area contributed by atoms with Crippen LogP contribution in [0.2, 0.25) is 0 Å². The number of rotatable bonds is 7. The molecule has 1 aliphatic heterocycles. The Labute approximate surface area is 185 Å². The summed E-state index contributed by atoms with van der Waals surface area (Å²) in [6.45, 7) is 2.12. The summed E-state index contributed by atoms with van der Waals surface area (Å²) in [5.41, 5.74) is 5.05. The van der Waals surface area contributed by atoms with Gasteiger partial charge in [-0.3, -0.25) is 14.1 Å². The lowest BCUT2D eigenvalue weighted by atomic mass is 10.2. The van der Waals surface area contributed by atoms with Crippen LogP contribution in [0.25, 0.3) is 10.4 Å². The number of aliphatic hydroxyl groups excluding tert-OH is 1. The van der Waals surface area contributed by atoms with Crippen molar-refractivity contribution in [3.8, 4) is 10.4 Å². The van der Waals surface area contributed by atoms with E-state index in [0.29, 0.717) is 35.8 Å². The van der Waals surface area contributed by atoms with E-state index >= 15 is 0 Å². The van der Waals surface area contributed by atoms with E-state index in [9.17, 15) is 22.5 Å². The Balaban J connectivity index is 1.86. The predicted molar refractivity (Wildman–Crippen MR) is 119 cm³/mol. The van der Waals surface area contributed by atoms with Crippen molar-refractivity contribution in [3.05, 3.63) is 53.0 Å². The van der Waals surface area contributed by atoms with Crippen LogP contribution in [-0.4, -0.2) is 64.6 Å². The first kappa shape index (κ1) is 23.6. The van der Waals surface area contributed by atoms with E-state index in [-0.39, 0.29) is 11.8 Å². The number of hydrogen-bond donors (Lipinski definition) is 2. The average Bonchev–Trinajstić information content (AvgIpc) is 3.36. The smallest absolute Gasteiger partial charge is 0.395 e. The molecule has 0 radical (unpaired) electrons. The highest BCUT2D eigenvalue weighted by Gasteiger charge is 2.32. The number of allylic oxidation sites excluding steroid dienone is 2. The molecule has 0 saturated carbocycles. The number of likely N-dealkylation sites (tertiary alicyclic amines) is 1. The number of alkyl halides is 3. The average molecular weight is 472 g/mol. The van der Waals surface area contributed by atoms with Gasteiger partial charge in [-0.25, -0.2) is 0 Å². The summed E-state index contributed by atoms with van der Waals surface area (Å²) >= 11 is 1.30. The Morgan fingerprint density at radius 3 is 2.81 bits per heavy atom. The lowest BCUT2D eigenvalue weighted by molar-refractivity contribution is -0.0925. The summed E-state index contributed by atoms with van der Waals surface area (Å²) in [7, 11) is -1.13. The molecule has 31 heavy (non-hydrogen) atoms. The minimum atomic E-state index is -4.64. The molecule has 1 aromatic heterocycles. The largest absolute Gasteiger partial charge is 0.430 e. The third-order valence-corrected chi connectivity index (χ3v) is 6.95. The molecule has 0 spiro atoms. The molecule has 1 saturated heterocycles. The van der Waals surface area contributed by atoms with Gasteiger partial charge in [0.05, 0.1) is 23.2 Å². The zero-order valence-electron chi connectivity index (χ0n) is 16.9. The Morgan fingerprint density at radius 1 is 1.39 bits per heavy atom. The first-order valence-electron chi connectivity index (χ1n) is 9.67.